The van der Waals surface area contributed by atoms with Gasteiger partial charge in [0.15, 0.2) is 0 Å². The lowest BCUT2D eigenvalue weighted by atomic mass is 10.1. The topological polar surface area (TPSA) is 49.4 Å². The maximum Gasteiger partial charge on any atom is 0.225 e. The highest BCUT2D eigenvalue weighted by molar-refractivity contribution is 6.31. The van der Waals surface area contributed by atoms with Gasteiger partial charge in [-0.25, -0.2) is 4.39 Å². The van der Waals surface area contributed by atoms with Crippen LogP contribution in [0, 0.1) is 11.7 Å². The van der Waals surface area contributed by atoms with Gasteiger partial charge >= 0.3 is 0 Å². The van der Waals surface area contributed by atoms with Crippen LogP contribution < -0.4 is 5.32 Å². The Bertz CT molecular complexity index is 796. The van der Waals surface area contributed by atoms with E-state index in [1.54, 1.807) is 29.2 Å². The Morgan fingerprint density at radius 2 is 1.84 bits per heavy atom. The molecule has 1 aliphatic heterocycles. The molecule has 1 fully saturated rings. The molecule has 0 saturated carbocycles. The van der Waals surface area contributed by atoms with Gasteiger partial charge in [0.2, 0.25) is 11.8 Å². The first kappa shape index (κ1) is 17.4. The molecular formula is C19H18ClFN2O2. The average molecular weight is 361 g/mol. The van der Waals surface area contributed by atoms with Crippen molar-refractivity contribution in [2.45, 2.75) is 19.5 Å². The summed E-state index contributed by atoms with van der Waals surface area (Å²) in [5, 5.41) is 3.31. The number of hydrogen-bond acceptors (Lipinski definition) is 2. The highest BCUT2D eigenvalue weighted by Gasteiger charge is 2.34. The van der Waals surface area contributed by atoms with E-state index in [-0.39, 0.29) is 30.6 Å². The van der Waals surface area contributed by atoms with Crippen molar-refractivity contribution in [1.29, 1.82) is 0 Å². The molecule has 1 atom stereocenters. The molecule has 0 spiro atoms. The molecule has 0 unspecified atom stereocenters. The quantitative estimate of drug-likeness (QED) is 0.890. The Balaban J connectivity index is 1.57. The minimum atomic E-state index is -0.429. The van der Waals surface area contributed by atoms with Crippen molar-refractivity contribution in [2.24, 2.45) is 5.92 Å². The summed E-state index contributed by atoms with van der Waals surface area (Å²) < 4.78 is 13.6. The molecule has 2 aromatic rings. The third-order valence-corrected chi connectivity index (χ3v) is 4.68. The summed E-state index contributed by atoms with van der Waals surface area (Å²) in [5.41, 5.74) is 1.28. The number of halogens is 2. The van der Waals surface area contributed by atoms with Gasteiger partial charge in [0.05, 0.1) is 5.92 Å². The van der Waals surface area contributed by atoms with Crippen LogP contribution in [0.3, 0.4) is 0 Å². The number of carbonyl (C=O) groups is 2. The molecule has 3 rings (SSSR count). The van der Waals surface area contributed by atoms with E-state index in [0.29, 0.717) is 23.7 Å². The van der Waals surface area contributed by atoms with Crippen LogP contribution in [0.1, 0.15) is 17.5 Å². The number of carbonyl (C=O) groups excluding carboxylic acids is 2. The molecule has 25 heavy (non-hydrogen) atoms. The molecule has 4 nitrogen and oxygen atoms in total. The van der Waals surface area contributed by atoms with Crippen molar-refractivity contribution in [3.05, 3.63) is 70.5 Å². The highest BCUT2D eigenvalue weighted by Crippen LogP contribution is 2.23. The molecule has 1 N–H and O–H groups in total. The number of rotatable bonds is 5. The van der Waals surface area contributed by atoms with Crippen LogP contribution in [-0.4, -0.2) is 23.3 Å². The van der Waals surface area contributed by atoms with Gasteiger partial charge in [-0.15, -0.1) is 0 Å². The predicted molar refractivity (Wildman–Crippen MR) is 93.2 cm³/mol. The SMILES string of the molecule is O=C(NCc1ccccc1F)[C@@H]1CC(=O)N(Cc2ccccc2Cl)C1. The summed E-state index contributed by atoms with van der Waals surface area (Å²) in [6.45, 7) is 0.837. The minimum absolute atomic E-state index is 0.0778. The fourth-order valence-corrected chi connectivity index (χ4v) is 3.10. The molecule has 130 valence electrons. The zero-order chi connectivity index (χ0) is 17.8. The first-order valence-electron chi connectivity index (χ1n) is 8.07. The summed E-state index contributed by atoms with van der Waals surface area (Å²) in [4.78, 5) is 26.1. The Kier molecular flexibility index (Phi) is 5.34. The molecule has 0 aliphatic carbocycles. The van der Waals surface area contributed by atoms with Gasteiger partial charge in [0.1, 0.15) is 5.82 Å². The molecular weight excluding hydrogens is 343 g/mol. The average Bonchev–Trinajstić information content (AvgIpc) is 2.97. The first-order chi connectivity index (χ1) is 12.0. The maximum atomic E-state index is 13.6. The van der Waals surface area contributed by atoms with Crippen molar-refractivity contribution in [1.82, 2.24) is 10.2 Å². The van der Waals surface area contributed by atoms with Crippen molar-refractivity contribution < 1.29 is 14.0 Å². The van der Waals surface area contributed by atoms with Crippen molar-refractivity contribution >= 4 is 23.4 Å². The van der Waals surface area contributed by atoms with E-state index in [2.05, 4.69) is 5.32 Å². The van der Waals surface area contributed by atoms with Gasteiger partial charge < -0.3 is 10.2 Å². The lowest BCUT2D eigenvalue weighted by Gasteiger charge is -2.17. The van der Waals surface area contributed by atoms with E-state index < -0.39 is 5.92 Å². The molecule has 1 saturated heterocycles. The van der Waals surface area contributed by atoms with Crippen LogP contribution in [0.2, 0.25) is 5.02 Å². The number of hydrogen-bond donors (Lipinski definition) is 1. The standard InChI is InChI=1S/C19H18ClFN2O2/c20-16-7-3-1-6-14(16)11-23-12-15(9-18(23)24)19(25)22-10-13-5-2-4-8-17(13)21/h1-8,15H,9-12H2,(H,22,25)/t15-/m1/s1. The smallest absolute Gasteiger partial charge is 0.225 e. The molecule has 0 bridgehead atoms. The molecule has 1 aliphatic rings. The van der Waals surface area contributed by atoms with Gasteiger partial charge in [0, 0.05) is 36.6 Å². The van der Waals surface area contributed by atoms with Gasteiger partial charge in [-0.1, -0.05) is 48.0 Å². The number of nitrogens with zero attached hydrogens (tertiary/aromatic N) is 1. The van der Waals surface area contributed by atoms with Crippen LogP contribution in [0.4, 0.5) is 4.39 Å². The summed E-state index contributed by atoms with van der Waals surface area (Å²) in [5.74, 6) is -1.10. The second-order valence-electron chi connectivity index (χ2n) is 6.08. The number of nitrogens with one attached hydrogen (secondary N) is 1. The summed E-state index contributed by atoms with van der Waals surface area (Å²) in [6, 6.07) is 13.6. The van der Waals surface area contributed by atoms with Crippen molar-refractivity contribution in [3.63, 3.8) is 0 Å². The lowest BCUT2D eigenvalue weighted by molar-refractivity contribution is -0.129. The summed E-state index contributed by atoms with van der Waals surface area (Å²) >= 11 is 6.13. The maximum absolute atomic E-state index is 13.6. The van der Waals surface area contributed by atoms with E-state index in [4.69, 9.17) is 11.6 Å². The first-order valence-corrected chi connectivity index (χ1v) is 8.44. The molecule has 6 heteroatoms. The Hall–Kier alpha value is -2.40. The van der Waals surface area contributed by atoms with E-state index in [1.807, 2.05) is 18.2 Å². The largest absolute Gasteiger partial charge is 0.352 e. The second kappa shape index (κ2) is 7.66. The normalized spacial score (nSPS) is 17.0. The van der Waals surface area contributed by atoms with E-state index in [9.17, 15) is 14.0 Å². The number of amides is 2. The van der Waals surface area contributed by atoms with E-state index in [1.165, 1.54) is 6.07 Å². The van der Waals surface area contributed by atoms with Gasteiger partial charge in [-0.05, 0) is 17.7 Å². The summed E-state index contributed by atoms with van der Waals surface area (Å²) in [6.07, 6.45) is 0.160. The Morgan fingerprint density at radius 3 is 2.56 bits per heavy atom. The van der Waals surface area contributed by atoms with Gasteiger partial charge in [-0.2, -0.15) is 0 Å². The lowest BCUT2D eigenvalue weighted by Crippen LogP contribution is -2.32. The van der Waals surface area contributed by atoms with Gasteiger partial charge in [0.25, 0.3) is 0 Å². The molecule has 2 amide bonds. The van der Waals surface area contributed by atoms with Crippen LogP contribution in [0.5, 0.6) is 0 Å². The van der Waals surface area contributed by atoms with E-state index >= 15 is 0 Å². The van der Waals surface area contributed by atoms with Crippen molar-refractivity contribution in [3.8, 4) is 0 Å². The highest BCUT2D eigenvalue weighted by atomic mass is 35.5. The third kappa shape index (κ3) is 4.17. The van der Waals surface area contributed by atoms with Crippen LogP contribution in [-0.2, 0) is 22.7 Å². The number of benzene rings is 2. The van der Waals surface area contributed by atoms with Crippen LogP contribution in [0.25, 0.3) is 0 Å². The fraction of sp³-hybridized carbons (Fsp3) is 0.263. The molecule has 0 aromatic heterocycles. The third-order valence-electron chi connectivity index (χ3n) is 4.32. The number of likely N-dealkylation sites (tertiary alicyclic amines) is 1. The van der Waals surface area contributed by atoms with Gasteiger partial charge in [-0.3, -0.25) is 9.59 Å². The zero-order valence-corrected chi connectivity index (χ0v) is 14.3. The Labute approximate surface area is 150 Å². The fourth-order valence-electron chi connectivity index (χ4n) is 2.90. The molecule has 1 heterocycles. The zero-order valence-electron chi connectivity index (χ0n) is 13.5. The summed E-state index contributed by atoms with van der Waals surface area (Å²) in [7, 11) is 0. The predicted octanol–water partition coefficient (Wildman–Crippen LogP) is 3.14. The van der Waals surface area contributed by atoms with Crippen LogP contribution >= 0.6 is 11.6 Å². The second-order valence-corrected chi connectivity index (χ2v) is 6.48. The monoisotopic (exact) mass is 360 g/mol. The van der Waals surface area contributed by atoms with Crippen LogP contribution in [0.15, 0.2) is 48.5 Å². The van der Waals surface area contributed by atoms with E-state index in [0.717, 1.165) is 5.56 Å². The molecule has 2 aromatic carbocycles. The van der Waals surface area contributed by atoms with Crippen molar-refractivity contribution in [2.75, 3.05) is 6.54 Å². The molecule has 0 radical (unpaired) electrons. The Morgan fingerprint density at radius 1 is 1.16 bits per heavy atom. The minimum Gasteiger partial charge on any atom is -0.352 e.